The van der Waals surface area contributed by atoms with Gasteiger partial charge in [0.2, 0.25) is 11.8 Å². The van der Waals surface area contributed by atoms with E-state index in [0.29, 0.717) is 24.3 Å². The number of carbonyl (C=O) groups is 4. The highest BCUT2D eigenvalue weighted by molar-refractivity contribution is 6.07. The number of hydrogen-bond donors (Lipinski definition) is 1. The van der Waals surface area contributed by atoms with Crippen molar-refractivity contribution in [3.8, 4) is 5.75 Å². The molecule has 3 atom stereocenters. The average Bonchev–Trinajstić information content (AvgIpc) is 2.93. The number of hydrogen-bond acceptors (Lipinski definition) is 6. The van der Waals surface area contributed by atoms with Crippen LogP contribution < -0.4 is 10.1 Å². The third kappa shape index (κ3) is 4.05. The fourth-order valence-corrected chi connectivity index (χ4v) is 3.36. The normalized spacial score (nSPS) is 21.9. The number of esters is 1. The Labute approximate surface area is 162 Å². The monoisotopic (exact) mass is 386 g/mol. The molecule has 8 nitrogen and oxygen atoms in total. The highest BCUT2D eigenvalue weighted by Crippen LogP contribution is 2.34. The molecule has 1 saturated heterocycles. The third-order valence-corrected chi connectivity index (χ3v) is 4.92. The number of carbonyl (C=O) groups excluding carboxylic acids is 4. The van der Waals surface area contributed by atoms with Crippen LogP contribution in [-0.2, 0) is 23.9 Å². The standard InChI is InChI=1S/C20H22N2O6/c1-12(18(24)21-13-7-9-14(27-2)10-8-13)28-17(23)11-22-19(25)15-5-3-4-6-16(15)20(22)26/h3-4,7-10,12,15-16H,5-6,11H2,1-2H3,(H,21,24)/t12-,15-,16-/m0/s1. The molecular weight excluding hydrogens is 364 g/mol. The number of nitrogens with zero attached hydrogens (tertiary/aromatic N) is 1. The highest BCUT2D eigenvalue weighted by atomic mass is 16.5. The van der Waals surface area contributed by atoms with Gasteiger partial charge in [-0.25, -0.2) is 0 Å². The molecule has 1 aliphatic heterocycles. The molecule has 1 N–H and O–H groups in total. The SMILES string of the molecule is COc1ccc(NC(=O)[C@H](C)OC(=O)CN2C(=O)[C@H]3CC=CC[C@@H]3C2=O)cc1. The molecule has 3 amide bonds. The molecule has 8 heteroatoms. The summed E-state index contributed by atoms with van der Waals surface area (Å²) in [4.78, 5) is 50.1. The molecule has 0 unspecified atom stereocenters. The van der Waals surface area contributed by atoms with E-state index >= 15 is 0 Å². The summed E-state index contributed by atoms with van der Waals surface area (Å²) >= 11 is 0. The number of amides is 3. The van der Waals surface area contributed by atoms with Crippen LogP contribution in [0.3, 0.4) is 0 Å². The van der Waals surface area contributed by atoms with Gasteiger partial charge in [-0.1, -0.05) is 12.2 Å². The quantitative estimate of drug-likeness (QED) is 0.452. The third-order valence-electron chi connectivity index (χ3n) is 4.92. The van der Waals surface area contributed by atoms with Gasteiger partial charge in [-0.2, -0.15) is 0 Å². The van der Waals surface area contributed by atoms with E-state index in [1.54, 1.807) is 24.3 Å². The summed E-state index contributed by atoms with van der Waals surface area (Å²) in [5, 5.41) is 2.62. The van der Waals surface area contributed by atoms with Crippen molar-refractivity contribution in [2.75, 3.05) is 19.0 Å². The Morgan fingerprint density at radius 1 is 1.11 bits per heavy atom. The Kier molecular flexibility index (Phi) is 5.77. The molecule has 28 heavy (non-hydrogen) atoms. The number of imide groups is 1. The van der Waals surface area contributed by atoms with Crippen molar-refractivity contribution in [1.29, 1.82) is 0 Å². The predicted molar refractivity (Wildman–Crippen MR) is 99.3 cm³/mol. The Morgan fingerprint density at radius 2 is 1.68 bits per heavy atom. The summed E-state index contributed by atoms with van der Waals surface area (Å²) in [7, 11) is 1.54. The van der Waals surface area contributed by atoms with Crippen molar-refractivity contribution >= 4 is 29.4 Å². The maximum atomic E-state index is 12.4. The average molecular weight is 386 g/mol. The van der Waals surface area contributed by atoms with Gasteiger partial charge < -0.3 is 14.8 Å². The minimum atomic E-state index is -1.08. The maximum absolute atomic E-state index is 12.4. The first-order chi connectivity index (χ1) is 13.4. The van der Waals surface area contributed by atoms with Crippen molar-refractivity contribution in [2.45, 2.75) is 25.9 Å². The van der Waals surface area contributed by atoms with E-state index in [2.05, 4.69) is 5.32 Å². The minimum absolute atomic E-state index is 0.355. The molecule has 1 aromatic carbocycles. The Bertz CT molecular complexity index is 790. The molecule has 1 heterocycles. The Balaban J connectivity index is 1.53. The molecule has 2 aliphatic rings. The van der Waals surface area contributed by atoms with E-state index in [1.807, 2.05) is 12.2 Å². The molecule has 0 aromatic heterocycles. The summed E-state index contributed by atoms with van der Waals surface area (Å²) in [6.45, 7) is 0.943. The van der Waals surface area contributed by atoms with E-state index in [0.717, 1.165) is 4.90 Å². The number of methoxy groups -OCH3 is 1. The molecule has 3 rings (SSSR count). The first-order valence-corrected chi connectivity index (χ1v) is 9.05. The second kappa shape index (κ2) is 8.24. The second-order valence-corrected chi connectivity index (χ2v) is 6.77. The molecule has 1 fully saturated rings. The number of rotatable bonds is 6. The van der Waals surface area contributed by atoms with Gasteiger partial charge in [-0.3, -0.25) is 24.1 Å². The Hall–Kier alpha value is -3.16. The molecule has 0 radical (unpaired) electrons. The molecule has 1 aliphatic carbocycles. The number of allylic oxidation sites excluding steroid dienone is 2. The van der Waals surface area contributed by atoms with Crippen molar-refractivity contribution < 1.29 is 28.7 Å². The lowest BCUT2D eigenvalue weighted by Gasteiger charge is -2.17. The van der Waals surface area contributed by atoms with E-state index < -0.39 is 36.4 Å². The zero-order valence-electron chi connectivity index (χ0n) is 15.7. The molecule has 148 valence electrons. The summed E-state index contributed by atoms with van der Waals surface area (Å²) < 4.78 is 10.1. The lowest BCUT2D eigenvalue weighted by Crippen LogP contribution is -2.39. The summed E-state index contributed by atoms with van der Waals surface area (Å²) in [6.07, 6.45) is 3.67. The first kappa shape index (κ1) is 19.6. The van der Waals surface area contributed by atoms with Crippen LogP contribution in [-0.4, -0.2) is 48.3 Å². The van der Waals surface area contributed by atoms with Gasteiger partial charge >= 0.3 is 5.97 Å². The fourth-order valence-electron chi connectivity index (χ4n) is 3.36. The molecular formula is C20H22N2O6. The van der Waals surface area contributed by atoms with Gasteiger partial charge in [0, 0.05) is 5.69 Å². The highest BCUT2D eigenvalue weighted by Gasteiger charge is 2.47. The van der Waals surface area contributed by atoms with Gasteiger partial charge in [0.1, 0.15) is 12.3 Å². The lowest BCUT2D eigenvalue weighted by atomic mass is 9.85. The largest absolute Gasteiger partial charge is 0.497 e. The number of anilines is 1. The van der Waals surface area contributed by atoms with Gasteiger partial charge in [0.15, 0.2) is 6.10 Å². The van der Waals surface area contributed by atoms with E-state index in [1.165, 1.54) is 14.0 Å². The van der Waals surface area contributed by atoms with Crippen LogP contribution in [0.4, 0.5) is 5.69 Å². The number of likely N-dealkylation sites (tertiary alicyclic amines) is 1. The van der Waals surface area contributed by atoms with Gasteiger partial charge in [-0.15, -0.1) is 0 Å². The zero-order chi connectivity index (χ0) is 20.3. The van der Waals surface area contributed by atoms with E-state index in [4.69, 9.17) is 9.47 Å². The predicted octanol–water partition coefficient (Wildman–Crippen LogP) is 1.52. The number of fused-ring (bicyclic) bond motifs is 1. The van der Waals surface area contributed by atoms with Crippen LogP contribution in [0.5, 0.6) is 5.75 Å². The number of nitrogens with one attached hydrogen (secondary N) is 1. The zero-order valence-corrected chi connectivity index (χ0v) is 15.7. The topological polar surface area (TPSA) is 102 Å². The van der Waals surface area contributed by atoms with Crippen molar-refractivity contribution in [1.82, 2.24) is 4.90 Å². The molecule has 0 spiro atoms. The van der Waals surface area contributed by atoms with Crippen LogP contribution in [0.25, 0.3) is 0 Å². The van der Waals surface area contributed by atoms with Crippen molar-refractivity contribution in [3.63, 3.8) is 0 Å². The van der Waals surface area contributed by atoms with Gasteiger partial charge in [-0.05, 0) is 44.0 Å². The molecule has 0 bridgehead atoms. The van der Waals surface area contributed by atoms with E-state index in [-0.39, 0.29) is 11.8 Å². The summed E-state index contributed by atoms with van der Waals surface area (Å²) in [6, 6.07) is 6.68. The lowest BCUT2D eigenvalue weighted by molar-refractivity contribution is -0.158. The van der Waals surface area contributed by atoms with Gasteiger partial charge in [0.05, 0.1) is 18.9 Å². The fraction of sp³-hybridized carbons (Fsp3) is 0.400. The van der Waals surface area contributed by atoms with Crippen molar-refractivity contribution in [2.24, 2.45) is 11.8 Å². The van der Waals surface area contributed by atoms with Crippen LogP contribution >= 0.6 is 0 Å². The number of benzene rings is 1. The maximum Gasteiger partial charge on any atom is 0.326 e. The van der Waals surface area contributed by atoms with Crippen LogP contribution in [0, 0.1) is 11.8 Å². The van der Waals surface area contributed by atoms with Gasteiger partial charge in [0.25, 0.3) is 5.91 Å². The second-order valence-electron chi connectivity index (χ2n) is 6.77. The van der Waals surface area contributed by atoms with Crippen LogP contribution in [0.15, 0.2) is 36.4 Å². The van der Waals surface area contributed by atoms with Crippen LogP contribution in [0.1, 0.15) is 19.8 Å². The van der Waals surface area contributed by atoms with E-state index in [9.17, 15) is 19.2 Å². The summed E-state index contributed by atoms with van der Waals surface area (Å²) in [5.41, 5.74) is 0.523. The first-order valence-electron chi connectivity index (χ1n) is 9.05. The smallest absolute Gasteiger partial charge is 0.326 e. The molecule has 1 aromatic rings. The van der Waals surface area contributed by atoms with Crippen LogP contribution in [0.2, 0.25) is 0 Å². The Morgan fingerprint density at radius 3 is 2.21 bits per heavy atom. The van der Waals surface area contributed by atoms with Crippen molar-refractivity contribution in [3.05, 3.63) is 36.4 Å². The minimum Gasteiger partial charge on any atom is -0.497 e. The molecule has 0 saturated carbocycles. The number of ether oxygens (including phenoxy) is 2. The summed E-state index contributed by atoms with van der Waals surface area (Å²) in [5.74, 6) is -2.19.